The van der Waals surface area contributed by atoms with Gasteiger partial charge in [0.1, 0.15) is 10.1 Å². The topological polar surface area (TPSA) is 30.2 Å². The maximum Gasteiger partial charge on any atom is 0.207 e. The normalized spacial score (nSPS) is 10.8. The lowest BCUT2D eigenvalue weighted by atomic mass is 10.1. The molecule has 0 radical (unpaired) electrons. The lowest BCUT2D eigenvalue weighted by Gasteiger charge is -2.06. The molecule has 0 bridgehead atoms. The Morgan fingerprint density at radius 1 is 1.05 bits per heavy atom. The Kier molecular flexibility index (Phi) is 3.17. The third kappa shape index (κ3) is 2.20. The molecule has 0 unspecified atom stereocenters. The minimum atomic E-state index is -0.0863. The molecule has 2 aromatic carbocycles. The van der Waals surface area contributed by atoms with Gasteiger partial charge in [-0.15, -0.1) is 0 Å². The van der Waals surface area contributed by atoms with Crippen molar-refractivity contribution in [1.29, 1.82) is 0 Å². The average molecular weight is 336 g/mol. The molecular formula is C15H8BrClO2. The Labute approximate surface area is 122 Å². The molecule has 0 spiro atoms. The summed E-state index contributed by atoms with van der Waals surface area (Å²) in [4.78, 5) is 12.3. The van der Waals surface area contributed by atoms with Crippen molar-refractivity contribution in [2.75, 3.05) is 0 Å². The molecule has 0 saturated carbocycles. The van der Waals surface area contributed by atoms with E-state index in [-0.39, 0.29) is 5.43 Å². The molecule has 3 aromatic rings. The molecule has 2 nitrogen and oxygen atoms in total. The van der Waals surface area contributed by atoms with E-state index in [2.05, 4.69) is 15.9 Å². The monoisotopic (exact) mass is 334 g/mol. The predicted octanol–water partition coefficient (Wildman–Crippen LogP) is 4.88. The van der Waals surface area contributed by atoms with E-state index < -0.39 is 0 Å². The molecule has 0 amide bonds. The zero-order chi connectivity index (χ0) is 13.4. The quantitative estimate of drug-likeness (QED) is 0.634. The van der Waals surface area contributed by atoms with E-state index in [1.54, 1.807) is 24.3 Å². The molecule has 0 N–H and O–H groups in total. The van der Waals surface area contributed by atoms with Crippen LogP contribution in [0.5, 0.6) is 0 Å². The number of benzene rings is 2. The van der Waals surface area contributed by atoms with Gasteiger partial charge < -0.3 is 4.42 Å². The van der Waals surface area contributed by atoms with Crippen LogP contribution in [-0.4, -0.2) is 0 Å². The summed E-state index contributed by atoms with van der Waals surface area (Å²) in [6.07, 6.45) is 0. The van der Waals surface area contributed by atoms with Gasteiger partial charge in [0.25, 0.3) is 0 Å². The average Bonchev–Trinajstić information content (AvgIpc) is 2.43. The Bertz CT molecular complexity index is 824. The van der Waals surface area contributed by atoms with Crippen LogP contribution in [0.15, 0.2) is 62.2 Å². The maximum atomic E-state index is 12.3. The van der Waals surface area contributed by atoms with Crippen molar-refractivity contribution < 1.29 is 4.42 Å². The zero-order valence-corrected chi connectivity index (χ0v) is 12.0. The van der Waals surface area contributed by atoms with Crippen LogP contribution < -0.4 is 5.43 Å². The maximum absolute atomic E-state index is 12.3. The number of halogens is 2. The molecule has 0 atom stereocenters. The second-order valence-electron chi connectivity index (χ2n) is 4.08. The van der Waals surface area contributed by atoms with Crippen LogP contribution in [0.4, 0.5) is 0 Å². The van der Waals surface area contributed by atoms with Gasteiger partial charge in [-0.1, -0.05) is 35.9 Å². The minimum Gasteiger partial charge on any atom is -0.455 e. The highest BCUT2D eigenvalue weighted by molar-refractivity contribution is 9.10. The van der Waals surface area contributed by atoms with Crippen LogP contribution >= 0.6 is 27.5 Å². The largest absolute Gasteiger partial charge is 0.455 e. The summed E-state index contributed by atoms with van der Waals surface area (Å²) >= 11 is 9.28. The van der Waals surface area contributed by atoms with Crippen LogP contribution in [0.1, 0.15) is 0 Å². The van der Waals surface area contributed by atoms with Gasteiger partial charge in [-0.3, -0.25) is 4.79 Å². The van der Waals surface area contributed by atoms with Crippen molar-refractivity contribution in [3.63, 3.8) is 0 Å². The molecule has 1 heterocycles. The SMILES string of the molecule is O=c1c(Br)c(-c2cccc(Cl)c2)oc2ccccc12. The van der Waals surface area contributed by atoms with Gasteiger partial charge in [-0.05, 0) is 40.2 Å². The van der Waals surface area contributed by atoms with E-state index in [9.17, 15) is 4.79 Å². The van der Waals surface area contributed by atoms with Crippen molar-refractivity contribution in [3.05, 3.63) is 68.2 Å². The predicted molar refractivity (Wildman–Crippen MR) is 80.6 cm³/mol. The summed E-state index contributed by atoms with van der Waals surface area (Å²) in [6, 6.07) is 14.4. The first-order valence-corrected chi connectivity index (χ1v) is 6.81. The van der Waals surface area contributed by atoms with E-state index in [4.69, 9.17) is 16.0 Å². The molecular weight excluding hydrogens is 328 g/mol. The second kappa shape index (κ2) is 4.83. The first-order valence-electron chi connectivity index (χ1n) is 5.64. The van der Waals surface area contributed by atoms with Crippen LogP contribution in [0.25, 0.3) is 22.3 Å². The Morgan fingerprint density at radius 2 is 1.84 bits per heavy atom. The fraction of sp³-hybridized carbons (Fsp3) is 0. The van der Waals surface area contributed by atoms with Crippen LogP contribution in [0.3, 0.4) is 0 Å². The number of hydrogen-bond donors (Lipinski definition) is 0. The highest BCUT2D eigenvalue weighted by Gasteiger charge is 2.13. The van der Waals surface area contributed by atoms with E-state index in [1.807, 2.05) is 24.3 Å². The van der Waals surface area contributed by atoms with Gasteiger partial charge in [-0.2, -0.15) is 0 Å². The van der Waals surface area contributed by atoms with Crippen molar-refractivity contribution in [2.24, 2.45) is 0 Å². The van der Waals surface area contributed by atoms with E-state index >= 15 is 0 Å². The molecule has 0 aliphatic carbocycles. The highest BCUT2D eigenvalue weighted by atomic mass is 79.9. The van der Waals surface area contributed by atoms with Gasteiger partial charge in [0.15, 0.2) is 5.76 Å². The number of para-hydroxylation sites is 1. The number of rotatable bonds is 1. The summed E-state index contributed by atoms with van der Waals surface area (Å²) in [5, 5.41) is 1.15. The summed E-state index contributed by atoms with van der Waals surface area (Å²) < 4.78 is 6.22. The van der Waals surface area contributed by atoms with Gasteiger partial charge in [0.2, 0.25) is 5.43 Å². The Hall–Kier alpha value is -1.58. The van der Waals surface area contributed by atoms with Gasteiger partial charge >= 0.3 is 0 Å². The fourth-order valence-electron chi connectivity index (χ4n) is 1.93. The molecule has 19 heavy (non-hydrogen) atoms. The van der Waals surface area contributed by atoms with Crippen molar-refractivity contribution in [2.45, 2.75) is 0 Å². The van der Waals surface area contributed by atoms with Gasteiger partial charge in [-0.25, -0.2) is 0 Å². The fourth-order valence-corrected chi connectivity index (χ4v) is 2.65. The molecule has 94 valence electrons. The van der Waals surface area contributed by atoms with E-state index in [1.165, 1.54) is 0 Å². The van der Waals surface area contributed by atoms with E-state index in [0.29, 0.717) is 26.2 Å². The minimum absolute atomic E-state index is 0.0863. The standard InChI is InChI=1S/C15H8BrClO2/c16-13-14(18)11-6-1-2-7-12(11)19-15(13)9-4-3-5-10(17)8-9/h1-8H. The molecule has 0 saturated heterocycles. The lowest BCUT2D eigenvalue weighted by Crippen LogP contribution is -2.03. The molecule has 0 fully saturated rings. The Morgan fingerprint density at radius 3 is 2.63 bits per heavy atom. The van der Waals surface area contributed by atoms with Crippen LogP contribution in [0.2, 0.25) is 5.02 Å². The molecule has 3 rings (SSSR count). The molecule has 1 aromatic heterocycles. The van der Waals surface area contributed by atoms with Gasteiger partial charge in [0.05, 0.1) is 5.39 Å². The van der Waals surface area contributed by atoms with E-state index in [0.717, 1.165) is 5.56 Å². The number of hydrogen-bond acceptors (Lipinski definition) is 2. The molecule has 0 aliphatic heterocycles. The van der Waals surface area contributed by atoms with Gasteiger partial charge in [0, 0.05) is 10.6 Å². The first kappa shape index (κ1) is 12.5. The lowest BCUT2D eigenvalue weighted by molar-refractivity contribution is 0.615. The third-order valence-corrected chi connectivity index (χ3v) is 3.78. The summed E-state index contributed by atoms with van der Waals surface area (Å²) in [5.41, 5.74) is 1.24. The highest BCUT2D eigenvalue weighted by Crippen LogP contribution is 2.30. The van der Waals surface area contributed by atoms with Crippen molar-refractivity contribution >= 4 is 38.5 Å². The molecule has 0 aliphatic rings. The molecule has 4 heteroatoms. The van der Waals surface area contributed by atoms with Crippen molar-refractivity contribution in [1.82, 2.24) is 0 Å². The third-order valence-electron chi connectivity index (χ3n) is 2.83. The first-order chi connectivity index (χ1) is 9.16. The summed E-state index contributed by atoms with van der Waals surface area (Å²) in [7, 11) is 0. The van der Waals surface area contributed by atoms with Crippen LogP contribution in [0, 0.1) is 0 Å². The zero-order valence-electron chi connectivity index (χ0n) is 9.69. The number of fused-ring (bicyclic) bond motifs is 1. The summed E-state index contributed by atoms with van der Waals surface area (Å²) in [5.74, 6) is 0.492. The van der Waals surface area contributed by atoms with Crippen molar-refractivity contribution in [3.8, 4) is 11.3 Å². The summed E-state index contributed by atoms with van der Waals surface area (Å²) in [6.45, 7) is 0. The van der Waals surface area contributed by atoms with Crippen LogP contribution in [-0.2, 0) is 0 Å². The smallest absolute Gasteiger partial charge is 0.207 e. The second-order valence-corrected chi connectivity index (χ2v) is 5.31. The Balaban J connectivity index is 2.36.